The van der Waals surface area contributed by atoms with Crippen LogP contribution in [0.25, 0.3) is 11.1 Å². The van der Waals surface area contributed by atoms with Crippen molar-refractivity contribution < 1.29 is 26.7 Å². The molecule has 2 aromatic rings. The largest absolute Gasteiger partial charge is 0.417 e. The van der Waals surface area contributed by atoms with Crippen molar-refractivity contribution in [2.75, 3.05) is 12.9 Å². The predicted octanol–water partition coefficient (Wildman–Crippen LogP) is 3.64. The second-order valence-electron chi connectivity index (χ2n) is 5.48. The molecule has 0 amide bonds. The van der Waals surface area contributed by atoms with Crippen molar-refractivity contribution in [1.29, 1.82) is 0 Å². The molecule has 1 aromatic carbocycles. The number of nitrogens with zero attached hydrogens (tertiary/aromatic N) is 1. The maximum atomic E-state index is 13.0. The number of hydrogen-bond acceptors (Lipinski definition) is 5. The molecule has 1 atom stereocenters. The third kappa shape index (κ3) is 4.96. The zero-order chi connectivity index (χ0) is 18.8. The molecule has 0 radical (unpaired) electrons. The van der Waals surface area contributed by atoms with E-state index in [2.05, 4.69) is 4.98 Å². The van der Waals surface area contributed by atoms with Crippen LogP contribution < -0.4 is 0 Å². The zero-order valence-corrected chi connectivity index (χ0v) is 15.0. The third-order valence-electron chi connectivity index (χ3n) is 3.34. The van der Waals surface area contributed by atoms with Crippen LogP contribution in [0.5, 0.6) is 0 Å². The van der Waals surface area contributed by atoms with Crippen molar-refractivity contribution >= 4 is 21.6 Å². The first-order valence-electron chi connectivity index (χ1n) is 7.17. The summed E-state index contributed by atoms with van der Waals surface area (Å²) in [5.41, 5.74) is -0.241. The number of alkyl halides is 3. The second kappa shape index (κ2) is 7.35. The van der Waals surface area contributed by atoms with Gasteiger partial charge in [-0.1, -0.05) is 19.1 Å². The lowest BCUT2D eigenvalue weighted by molar-refractivity contribution is -0.137. The minimum atomic E-state index is -4.54. The van der Waals surface area contributed by atoms with Crippen LogP contribution >= 0.6 is 11.8 Å². The average Bonchev–Trinajstić information content (AvgIpc) is 2.53. The third-order valence-corrected chi connectivity index (χ3v) is 5.57. The van der Waals surface area contributed by atoms with Gasteiger partial charge in [0.05, 0.1) is 17.1 Å². The molecule has 0 unspecified atom stereocenters. The van der Waals surface area contributed by atoms with Crippen molar-refractivity contribution in [1.82, 2.24) is 4.98 Å². The molecule has 136 valence electrons. The van der Waals surface area contributed by atoms with E-state index >= 15 is 0 Å². The van der Waals surface area contributed by atoms with E-state index in [1.807, 2.05) is 0 Å². The molecular formula is C16H16F3NO3S2. The van der Waals surface area contributed by atoms with Gasteiger partial charge in [-0.05, 0) is 23.8 Å². The molecule has 0 spiro atoms. The van der Waals surface area contributed by atoms with E-state index in [9.17, 15) is 26.7 Å². The normalized spacial score (nSPS) is 13.7. The Balaban J connectivity index is 2.55. The van der Waals surface area contributed by atoms with E-state index in [-0.39, 0.29) is 22.3 Å². The Labute approximate surface area is 148 Å². The molecule has 0 bridgehead atoms. The van der Waals surface area contributed by atoms with Gasteiger partial charge in [0.1, 0.15) is 5.03 Å². The van der Waals surface area contributed by atoms with E-state index in [1.165, 1.54) is 24.3 Å². The number of benzene rings is 1. The Kier molecular flexibility index (Phi) is 5.80. The number of rotatable bonds is 5. The highest BCUT2D eigenvalue weighted by Gasteiger charge is 2.32. The molecule has 0 aliphatic rings. The van der Waals surface area contributed by atoms with Gasteiger partial charge >= 0.3 is 6.18 Å². The lowest BCUT2D eigenvalue weighted by Crippen LogP contribution is -2.08. The molecule has 9 heteroatoms. The summed E-state index contributed by atoms with van der Waals surface area (Å²) in [7, 11) is -3.40. The molecule has 4 nitrogen and oxygen atoms in total. The topological polar surface area (TPSA) is 67.3 Å². The molecular weight excluding hydrogens is 375 g/mol. The van der Waals surface area contributed by atoms with E-state index < -0.39 is 21.6 Å². The highest BCUT2D eigenvalue weighted by Crippen LogP contribution is 2.37. The number of pyridine rings is 1. The van der Waals surface area contributed by atoms with Gasteiger partial charge in [-0.15, -0.1) is 11.8 Å². The first kappa shape index (κ1) is 19.7. The van der Waals surface area contributed by atoms with Crippen LogP contribution in [0, 0.1) is 0 Å². The molecule has 0 aliphatic carbocycles. The van der Waals surface area contributed by atoms with Gasteiger partial charge in [0, 0.05) is 23.3 Å². The minimum Gasteiger partial charge on any atom is -0.395 e. The van der Waals surface area contributed by atoms with Crippen LogP contribution in [0.1, 0.15) is 12.5 Å². The summed E-state index contributed by atoms with van der Waals surface area (Å²) in [6.45, 7) is 1.57. The molecule has 0 fully saturated rings. The molecule has 1 N–H and O–H groups in total. The smallest absolute Gasteiger partial charge is 0.395 e. The van der Waals surface area contributed by atoms with Crippen LogP contribution in [-0.4, -0.2) is 36.6 Å². The molecule has 1 heterocycles. The summed E-state index contributed by atoms with van der Waals surface area (Å²) in [6, 6.07) is 6.56. The van der Waals surface area contributed by atoms with Crippen molar-refractivity contribution in [2.45, 2.75) is 28.3 Å². The molecule has 0 aliphatic heterocycles. The number of hydrogen-bond donors (Lipinski definition) is 1. The number of aliphatic hydroxyl groups excluding tert-OH is 1. The van der Waals surface area contributed by atoms with Crippen molar-refractivity contribution in [3.8, 4) is 11.1 Å². The quantitative estimate of drug-likeness (QED) is 0.788. The molecule has 0 saturated carbocycles. The van der Waals surface area contributed by atoms with Crippen molar-refractivity contribution in [2.24, 2.45) is 0 Å². The fourth-order valence-corrected chi connectivity index (χ4v) is 3.52. The summed E-state index contributed by atoms with van der Waals surface area (Å²) in [4.78, 5) is 3.97. The van der Waals surface area contributed by atoms with E-state index in [0.29, 0.717) is 10.6 Å². The Morgan fingerprint density at radius 3 is 2.32 bits per heavy atom. The summed E-state index contributed by atoms with van der Waals surface area (Å²) < 4.78 is 62.0. The number of aromatic nitrogens is 1. The number of halogens is 3. The molecule has 2 rings (SSSR count). The number of thioether (sulfide) groups is 1. The van der Waals surface area contributed by atoms with E-state index in [1.54, 1.807) is 6.92 Å². The monoisotopic (exact) mass is 391 g/mol. The second-order valence-corrected chi connectivity index (χ2v) is 8.92. The van der Waals surface area contributed by atoms with Gasteiger partial charge in [-0.3, -0.25) is 0 Å². The maximum Gasteiger partial charge on any atom is 0.417 e. The van der Waals surface area contributed by atoms with Crippen LogP contribution in [0.15, 0.2) is 46.5 Å². The SMILES string of the molecule is C[C@@H](CO)Sc1ncc(C(F)(F)F)cc1-c1ccc(S(C)(=O)=O)cc1. The predicted molar refractivity (Wildman–Crippen MR) is 90.2 cm³/mol. The highest BCUT2D eigenvalue weighted by atomic mass is 32.2. The van der Waals surface area contributed by atoms with Crippen LogP contribution in [0.2, 0.25) is 0 Å². The first-order chi connectivity index (χ1) is 11.5. The molecule has 0 saturated heterocycles. The van der Waals surface area contributed by atoms with Crippen LogP contribution in [0.3, 0.4) is 0 Å². The summed E-state index contributed by atoms with van der Waals surface area (Å²) >= 11 is 1.15. The number of aliphatic hydroxyl groups is 1. The Bertz CT molecular complexity index is 850. The van der Waals surface area contributed by atoms with Gasteiger partial charge in [0.25, 0.3) is 0 Å². The Morgan fingerprint density at radius 1 is 1.24 bits per heavy atom. The maximum absolute atomic E-state index is 13.0. The first-order valence-corrected chi connectivity index (χ1v) is 9.94. The summed E-state index contributed by atoms with van der Waals surface area (Å²) in [5.74, 6) is 0. The lowest BCUT2D eigenvalue weighted by Gasteiger charge is -2.15. The Hall–Kier alpha value is -1.58. The summed E-state index contributed by atoms with van der Waals surface area (Å²) in [6.07, 6.45) is -2.74. The fraction of sp³-hybridized carbons (Fsp3) is 0.312. The summed E-state index contributed by atoms with van der Waals surface area (Å²) in [5, 5.41) is 9.26. The van der Waals surface area contributed by atoms with Crippen LogP contribution in [0.4, 0.5) is 13.2 Å². The van der Waals surface area contributed by atoms with Crippen molar-refractivity contribution in [3.05, 3.63) is 42.1 Å². The fourth-order valence-electron chi connectivity index (χ4n) is 2.02. The zero-order valence-electron chi connectivity index (χ0n) is 13.4. The van der Waals surface area contributed by atoms with Crippen molar-refractivity contribution in [3.63, 3.8) is 0 Å². The lowest BCUT2D eigenvalue weighted by atomic mass is 10.1. The highest BCUT2D eigenvalue weighted by molar-refractivity contribution is 8.00. The molecule has 1 aromatic heterocycles. The van der Waals surface area contributed by atoms with Crippen LogP contribution in [-0.2, 0) is 16.0 Å². The van der Waals surface area contributed by atoms with Gasteiger partial charge in [0.2, 0.25) is 0 Å². The molecule has 25 heavy (non-hydrogen) atoms. The van der Waals surface area contributed by atoms with Gasteiger partial charge in [0.15, 0.2) is 9.84 Å². The van der Waals surface area contributed by atoms with E-state index in [4.69, 9.17) is 0 Å². The Morgan fingerprint density at radius 2 is 1.84 bits per heavy atom. The van der Waals surface area contributed by atoms with Gasteiger partial charge < -0.3 is 5.11 Å². The average molecular weight is 391 g/mol. The standard InChI is InChI=1S/C16H16F3NO3S2/c1-10(9-21)24-15-14(7-12(8-20-15)16(17,18)19)11-3-5-13(6-4-11)25(2,22)23/h3-8,10,21H,9H2,1-2H3/t10-/m0/s1. The van der Waals surface area contributed by atoms with Gasteiger partial charge in [-0.25, -0.2) is 13.4 Å². The number of sulfone groups is 1. The minimum absolute atomic E-state index is 0.0779. The van der Waals surface area contributed by atoms with Gasteiger partial charge in [-0.2, -0.15) is 13.2 Å². The van der Waals surface area contributed by atoms with E-state index in [0.717, 1.165) is 30.3 Å².